The summed E-state index contributed by atoms with van der Waals surface area (Å²) in [6, 6.07) is 4.22. The highest BCUT2D eigenvalue weighted by Crippen LogP contribution is 2.55. The number of rotatable bonds is 5. The Hall–Kier alpha value is -3.28. The lowest BCUT2D eigenvalue weighted by Gasteiger charge is -2.32. The summed E-state index contributed by atoms with van der Waals surface area (Å²) in [6.45, 7) is 1.98. The fourth-order valence-electron chi connectivity index (χ4n) is 3.90. The van der Waals surface area contributed by atoms with Gasteiger partial charge in [0.25, 0.3) is 11.8 Å². The van der Waals surface area contributed by atoms with Gasteiger partial charge in [-0.15, -0.1) is 0 Å². The highest BCUT2D eigenvalue weighted by Gasteiger charge is 2.65. The number of aromatic nitrogens is 1. The summed E-state index contributed by atoms with van der Waals surface area (Å²) in [5.74, 6) is -7.94. The maximum absolute atomic E-state index is 14.4. The van der Waals surface area contributed by atoms with Gasteiger partial charge < -0.3 is 20.5 Å². The van der Waals surface area contributed by atoms with Crippen molar-refractivity contribution in [3.8, 4) is 5.75 Å². The Balaban J connectivity index is 2.07. The molecule has 2 aromatic rings. The Morgan fingerprint density at radius 3 is 2.48 bits per heavy atom. The lowest BCUT2D eigenvalue weighted by Crippen LogP contribution is -2.47. The zero-order chi connectivity index (χ0) is 24.7. The minimum atomic E-state index is -4.89. The molecule has 7 nitrogen and oxygen atoms in total. The molecule has 178 valence electrons. The summed E-state index contributed by atoms with van der Waals surface area (Å²) in [5.41, 5.74) is 2.04. The van der Waals surface area contributed by atoms with Crippen molar-refractivity contribution in [2.45, 2.75) is 37.6 Å². The number of carbonyl (C=O) groups is 2. The van der Waals surface area contributed by atoms with E-state index in [4.69, 9.17) is 15.2 Å². The fourth-order valence-corrected chi connectivity index (χ4v) is 3.90. The first-order valence-corrected chi connectivity index (χ1v) is 9.65. The number of nitrogens with one attached hydrogen (secondary N) is 1. The van der Waals surface area contributed by atoms with Crippen LogP contribution in [0.25, 0.3) is 0 Å². The van der Waals surface area contributed by atoms with Crippen molar-refractivity contribution in [3.63, 3.8) is 0 Å². The molecule has 1 aromatic carbocycles. The zero-order valence-electron chi connectivity index (χ0n) is 17.7. The molecule has 0 bridgehead atoms. The SMILES string of the molecule is COc1c(C2C(C(=O)Nc3ccnc(C(N)=O)c3)OC(C)(C(F)(F)F)C2C)ccc(F)c1F. The van der Waals surface area contributed by atoms with Crippen LogP contribution in [0.4, 0.5) is 27.6 Å². The molecule has 0 radical (unpaired) electrons. The fraction of sp³-hybridized carbons (Fsp3) is 0.381. The number of alkyl halides is 3. The third-order valence-electron chi connectivity index (χ3n) is 5.85. The van der Waals surface area contributed by atoms with E-state index >= 15 is 0 Å². The minimum absolute atomic E-state index is 0.0247. The van der Waals surface area contributed by atoms with E-state index < -0.39 is 58.9 Å². The second-order valence-corrected chi connectivity index (χ2v) is 7.72. The number of nitrogens with zero attached hydrogens (tertiary/aromatic N) is 1. The lowest BCUT2D eigenvalue weighted by molar-refractivity contribution is -0.272. The molecular weight excluding hydrogens is 453 g/mol. The summed E-state index contributed by atoms with van der Waals surface area (Å²) in [5, 5.41) is 2.36. The summed E-state index contributed by atoms with van der Waals surface area (Å²) >= 11 is 0. The van der Waals surface area contributed by atoms with E-state index in [1.54, 1.807) is 0 Å². The molecule has 1 aliphatic heterocycles. The van der Waals surface area contributed by atoms with Crippen molar-refractivity contribution in [2.75, 3.05) is 12.4 Å². The molecule has 3 N–H and O–H groups in total. The maximum Gasteiger partial charge on any atom is 0.417 e. The van der Waals surface area contributed by atoms with E-state index in [9.17, 15) is 31.5 Å². The second-order valence-electron chi connectivity index (χ2n) is 7.72. The van der Waals surface area contributed by atoms with Gasteiger partial charge in [0.05, 0.1) is 7.11 Å². The van der Waals surface area contributed by atoms with Gasteiger partial charge in [0, 0.05) is 29.3 Å². The third kappa shape index (κ3) is 4.22. The van der Waals surface area contributed by atoms with Gasteiger partial charge in [0.1, 0.15) is 11.8 Å². The molecule has 12 heteroatoms. The summed E-state index contributed by atoms with van der Waals surface area (Å²) in [6.07, 6.45) is -5.49. The van der Waals surface area contributed by atoms with Crippen LogP contribution in [0.3, 0.4) is 0 Å². The smallest absolute Gasteiger partial charge is 0.417 e. The van der Waals surface area contributed by atoms with Crippen LogP contribution in [0.5, 0.6) is 5.75 Å². The van der Waals surface area contributed by atoms with Gasteiger partial charge in [-0.3, -0.25) is 14.6 Å². The van der Waals surface area contributed by atoms with Crippen molar-refractivity contribution in [1.29, 1.82) is 0 Å². The van der Waals surface area contributed by atoms with Crippen LogP contribution in [0.2, 0.25) is 0 Å². The first-order valence-electron chi connectivity index (χ1n) is 9.65. The number of amides is 2. The van der Waals surface area contributed by atoms with E-state index in [1.807, 2.05) is 0 Å². The van der Waals surface area contributed by atoms with E-state index in [0.29, 0.717) is 0 Å². The number of pyridine rings is 1. The summed E-state index contributed by atoms with van der Waals surface area (Å²) in [4.78, 5) is 28.1. The molecule has 4 unspecified atom stereocenters. The predicted molar refractivity (Wildman–Crippen MR) is 106 cm³/mol. The average Bonchev–Trinajstić information content (AvgIpc) is 3.02. The highest BCUT2D eigenvalue weighted by molar-refractivity contribution is 5.97. The van der Waals surface area contributed by atoms with Crippen molar-refractivity contribution in [2.24, 2.45) is 11.7 Å². The van der Waals surface area contributed by atoms with Gasteiger partial charge >= 0.3 is 6.18 Å². The number of primary amides is 1. The number of carbonyl (C=O) groups excluding carboxylic acids is 2. The van der Waals surface area contributed by atoms with Crippen LogP contribution in [-0.2, 0) is 9.53 Å². The minimum Gasteiger partial charge on any atom is -0.493 e. The maximum atomic E-state index is 14.4. The Morgan fingerprint density at radius 2 is 1.91 bits per heavy atom. The quantitative estimate of drug-likeness (QED) is 0.647. The number of benzene rings is 1. The normalized spacial score (nSPS) is 25.0. The third-order valence-corrected chi connectivity index (χ3v) is 5.85. The number of methoxy groups -OCH3 is 1. The summed E-state index contributed by atoms with van der Waals surface area (Å²) < 4.78 is 80.1. The monoisotopic (exact) mass is 473 g/mol. The van der Waals surface area contributed by atoms with Crippen LogP contribution < -0.4 is 15.8 Å². The van der Waals surface area contributed by atoms with E-state index in [2.05, 4.69) is 10.3 Å². The summed E-state index contributed by atoms with van der Waals surface area (Å²) in [7, 11) is 1.03. The molecule has 1 aromatic heterocycles. The molecule has 1 saturated heterocycles. The molecule has 0 spiro atoms. The van der Waals surface area contributed by atoms with Gasteiger partial charge in [-0.1, -0.05) is 13.0 Å². The van der Waals surface area contributed by atoms with Gasteiger partial charge in [-0.2, -0.15) is 17.6 Å². The first-order chi connectivity index (χ1) is 15.3. The van der Waals surface area contributed by atoms with Crippen molar-refractivity contribution in [1.82, 2.24) is 4.98 Å². The molecule has 0 saturated carbocycles. The number of ether oxygens (including phenoxy) is 2. The van der Waals surface area contributed by atoms with Crippen molar-refractivity contribution in [3.05, 3.63) is 53.4 Å². The van der Waals surface area contributed by atoms with Gasteiger partial charge in [-0.05, 0) is 25.1 Å². The Morgan fingerprint density at radius 1 is 1.24 bits per heavy atom. The van der Waals surface area contributed by atoms with Crippen molar-refractivity contribution < 1.29 is 41.0 Å². The molecule has 33 heavy (non-hydrogen) atoms. The van der Waals surface area contributed by atoms with Crippen LogP contribution in [-0.4, -0.2) is 41.8 Å². The van der Waals surface area contributed by atoms with Crippen LogP contribution in [0.15, 0.2) is 30.5 Å². The van der Waals surface area contributed by atoms with Gasteiger partial charge in [-0.25, -0.2) is 4.39 Å². The first kappa shape index (κ1) is 24.4. The Bertz CT molecular complexity index is 1090. The Labute approximate surface area is 185 Å². The molecule has 3 rings (SSSR count). The number of nitrogens with two attached hydrogens (primary N) is 1. The molecule has 4 atom stereocenters. The van der Waals surface area contributed by atoms with Crippen LogP contribution in [0.1, 0.15) is 35.8 Å². The topological polar surface area (TPSA) is 104 Å². The number of hydrogen-bond acceptors (Lipinski definition) is 5. The Kier molecular flexibility index (Phi) is 6.33. The van der Waals surface area contributed by atoms with Gasteiger partial charge in [0.2, 0.25) is 5.82 Å². The second kappa shape index (κ2) is 8.58. The number of halogens is 5. The van der Waals surface area contributed by atoms with Gasteiger partial charge in [0.15, 0.2) is 17.2 Å². The van der Waals surface area contributed by atoms with E-state index in [1.165, 1.54) is 19.2 Å². The standard InChI is InChI=1S/C21H20F5N3O4/c1-9-14(11-4-5-12(22)15(23)16(11)32-3)17(33-20(9,2)21(24,25)26)19(31)29-10-6-7-28-13(8-10)18(27)30/h4-9,14,17H,1-3H3,(H2,27,30)(H,28,29,31). The zero-order valence-corrected chi connectivity index (χ0v) is 17.7. The predicted octanol–water partition coefficient (Wildman–Crippen LogP) is 3.55. The largest absolute Gasteiger partial charge is 0.493 e. The molecular formula is C21H20F5N3O4. The molecule has 1 fully saturated rings. The number of hydrogen-bond donors (Lipinski definition) is 2. The molecule has 1 aliphatic rings. The molecule has 0 aliphatic carbocycles. The van der Waals surface area contributed by atoms with Crippen LogP contribution in [0, 0.1) is 17.6 Å². The lowest BCUT2D eigenvalue weighted by atomic mass is 9.77. The number of anilines is 1. The highest BCUT2D eigenvalue weighted by atomic mass is 19.4. The van der Waals surface area contributed by atoms with E-state index in [-0.39, 0.29) is 16.9 Å². The van der Waals surface area contributed by atoms with E-state index in [0.717, 1.165) is 32.2 Å². The molecule has 2 heterocycles. The van der Waals surface area contributed by atoms with Crippen LogP contribution >= 0.6 is 0 Å². The average molecular weight is 473 g/mol. The van der Waals surface area contributed by atoms with Crippen molar-refractivity contribution >= 4 is 17.5 Å². The molecule has 2 amide bonds.